The molecule has 1 aliphatic carbocycles. The first-order chi connectivity index (χ1) is 19.2. The number of carbonyl (C=O) groups excluding carboxylic acids is 2. The quantitative estimate of drug-likeness (QED) is 0.202. The number of amides is 1. The first kappa shape index (κ1) is 26.7. The van der Waals surface area contributed by atoms with E-state index in [1.54, 1.807) is 36.4 Å². The summed E-state index contributed by atoms with van der Waals surface area (Å²) < 4.78 is 7.50. The van der Waals surface area contributed by atoms with Gasteiger partial charge in [-0.3, -0.25) is 14.4 Å². The number of nitrogens with zero attached hydrogens (tertiary/aromatic N) is 3. The zero-order chi connectivity index (χ0) is 28.6. The van der Waals surface area contributed by atoms with Crippen molar-refractivity contribution in [3.05, 3.63) is 82.8 Å². The summed E-state index contributed by atoms with van der Waals surface area (Å²) in [5.41, 5.74) is 1.73. The molecule has 0 aliphatic heterocycles. The van der Waals surface area contributed by atoms with Crippen LogP contribution in [0.1, 0.15) is 64.7 Å². The van der Waals surface area contributed by atoms with Crippen molar-refractivity contribution < 1.29 is 24.2 Å². The van der Waals surface area contributed by atoms with Crippen LogP contribution in [-0.4, -0.2) is 43.7 Å². The molecule has 4 aromatic rings. The molecule has 2 aromatic carbocycles. The predicted octanol–water partition coefficient (Wildman–Crippen LogP) is 6.06. The van der Waals surface area contributed by atoms with E-state index in [2.05, 4.69) is 41.0 Å². The number of aromatic carboxylic acids is 1. The largest absolute Gasteiger partial charge is 0.478 e. The van der Waals surface area contributed by atoms with Gasteiger partial charge in [-0.05, 0) is 67.0 Å². The van der Waals surface area contributed by atoms with Crippen LogP contribution in [0.15, 0.2) is 54.7 Å². The maximum Gasteiger partial charge on any atom is 0.336 e. The Morgan fingerprint density at radius 2 is 1.70 bits per heavy atom. The third-order valence-electron chi connectivity index (χ3n) is 7.46. The number of rotatable bonds is 6. The van der Waals surface area contributed by atoms with Crippen molar-refractivity contribution in [2.24, 2.45) is 17.8 Å². The van der Waals surface area contributed by atoms with Gasteiger partial charge >= 0.3 is 11.9 Å². The predicted molar refractivity (Wildman–Crippen MR) is 149 cm³/mol. The van der Waals surface area contributed by atoms with Gasteiger partial charge in [0, 0.05) is 17.4 Å². The van der Waals surface area contributed by atoms with E-state index in [4.69, 9.17) is 11.3 Å². The molecule has 2 atom stereocenters. The fraction of sp³-hybridized carbons (Fsp3) is 0.300. The molecule has 0 bridgehead atoms. The summed E-state index contributed by atoms with van der Waals surface area (Å²) in [7, 11) is 0. The molecule has 1 fully saturated rings. The smallest absolute Gasteiger partial charge is 0.336 e. The Morgan fingerprint density at radius 1 is 1.05 bits per heavy atom. The number of fused-ring (bicyclic) bond motifs is 1. The third-order valence-corrected chi connectivity index (χ3v) is 7.46. The van der Waals surface area contributed by atoms with E-state index in [1.807, 2.05) is 0 Å². The summed E-state index contributed by atoms with van der Waals surface area (Å²) in [6.45, 7) is 14.0. The lowest BCUT2D eigenvalue weighted by Crippen LogP contribution is -2.37. The van der Waals surface area contributed by atoms with Crippen molar-refractivity contribution in [2.75, 3.05) is 5.32 Å². The summed E-state index contributed by atoms with van der Waals surface area (Å²) in [5, 5.41) is 15.2. The van der Waals surface area contributed by atoms with Crippen molar-refractivity contribution >= 4 is 34.9 Å². The number of anilines is 1. The van der Waals surface area contributed by atoms with E-state index in [-0.39, 0.29) is 40.3 Å². The van der Waals surface area contributed by atoms with Crippen LogP contribution in [0.5, 0.6) is 0 Å². The van der Waals surface area contributed by atoms with Gasteiger partial charge in [-0.2, -0.15) is 0 Å². The summed E-state index contributed by atoms with van der Waals surface area (Å²) in [5.74, 6) is -0.783. The summed E-state index contributed by atoms with van der Waals surface area (Å²) in [6.07, 6.45) is 3.27. The lowest BCUT2D eigenvalue weighted by Gasteiger charge is -2.37. The number of H-pyrrole nitrogens is 1. The van der Waals surface area contributed by atoms with Gasteiger partial charge in [0.2, 0.25) is 5.69 Å². The highest BCUT2D eigenvalue weighted by Gasteiger charge is 2.35. The number of benzene rings is 2. The standard InChI is InChI=1S/C30H29N5O5/c1-16-13-17(2)25(18(3)14-16)40-30(39)24-23(31-4)15-35-27(24)33-26(34-35)19-9-11-20(12-10-19)32-28(36)21-7-5-6-8-22(21)29(37)38/h5-12,15-18,25H,13-14H2,1-3H3,(H,32,36)(H,33,34)(H,37,38). The molecule has 2 aromatic heterocycles. The van der Waals surface area contributed by atoms with E-state index in [0.717, 1.165) is 12.8 Å². The van der Waals surface area contributed by atoms with Crippen LogP contribution in [0.4, 0.5) is 11.4 Å². The Hall–Kier alpha value is -4.91. The lowest BCUT2D eigenvalue weighted by atomic mass is 9.75. The SMILES string of the molecule is [C-]#[N+]c1cn2[nH]c(-c3ccc(NC(=O)c4ccccc4C(=O)O)cc3)nc2c1C(=O)OC1C(C)CC(C)CC1C. The van der Waals surface area contributed by atoms with Gasteiger partial charge < -0.3 is 15.2 Å². The molecule has 40 heavy (non-hydrogen) atoms. The molecule has 1 saturated carbocycles. The Kier molecular flexibility index (Phi) is 7.13. The maximum atomic E-state index is 13.3. The minimum absolute atomic E-state index is 0.0572. The van der Waals surface area contributed by atoms with Gasteiger partial charge in [0.1, 0.15) is 11.7 Å². The van der Waals surface area contributed by atoms with Crippen molar-refractivity contribution in [3.8, 4) is 11.4 Å². The zero-order valence-corrected chi connectivity index (χ0v) is 22.3. The second-order valence-electron chi connectivity index (χ2n) is 10.6. The van der Waals surface area contributed by atoms with Gasteiger partial charge in [0.25, 0.3) is 5.91 Å². The highest BCUT2D eigenvalue weighted by atomic mass is 16.5. The van der Waals surface area contributed by atoms with Gasteiger partial charge in [0.15, 0.2) is 11.5 Å². The Morgan fingerprint density at radius 3 is 2.33 bits per heavy atom. The fourth-order valence-corrected chi connectivity index (χ4v) is 5.72. The number of hydrogen-bond donors (Lipinski definition) is 3. The number of carbonyl (C=O) groups is 3. The van der Waals surface area contributed by atoms with Crippen LogP contribution in [0, 0.1) is 24.3 Å². The molecular weight excluding hydrogens is 510 g/mol. The average molecular weight is 540 g/mol. The van der Waals surface area contributed by atoms with Crippen LogP contribution >= 0.6 is 0 Å². The van der Waals surface area contributed by atoms with E-state index >= 15 is 0 Å². The number of ether oxygens (including phenoxy) is 1. The van der Waals surface area contributed by atoms with Crippen LogP contribution in [-0.2, 0) is 4.74 Å². The normalized spacial score (nSPS) is 20.6. The van der Waals surface area contributed by atoms with Crippen molar-refractivity contribution in [3.63, 3.8) is 0 Å². The summed E-state index contributed by atoms with van der Waals surface area (Å²) in [4.78, 5) is 45.5. The number of aromatic nitrogens is 3. The topological polar surface area (TPSA) is 130 Å². The maximum absolute atomic E-state index is 13.3. The minimum atomic E-state index is -1.18. The molecule has 0 radical (unpaired) electrons. The monoisotopic (exact) mass is 539 g/mol. The van der Waals surface area contributed by atoms with Crippen LogP contribution in [0.25, 0.3) is 21.9 Å². The fourth-order valence-electron chi connectivity index (χ4n) is 5.72. The second kappa shape index (κ2) is 10.7. The minimum Gasteiger partial charge on any atom is -0.478 e. The number of carboxylic acid groups (broad SMARTS) is 1. The summed E-state index contributed by atoms with van der Waals surface area (Å²) >= 11 is 0. The Labute approximate surface area is 230 Å². The molecule has 10 heteroatoms. The number of nitrogens with one attached hydrogen (secondary N) is 2. The van der Waals surface area contributed by atoms with Crippen LogP contribution in [0.3, 0.4) is 0 Å². The highest BCUT2D eigenvalue weighted by Crippen LogP contribution is 2.37. The molecule has 0 spiro atoms. The zero-order valence-electron chi connectivity index (χ0n) is 22.3. The first-order valence-corrected chi connectivity index (χ1v) is 13.1. The van der Waals surface area contributed by atoms with Crippen molar-refractivity contribution in [1.82, 2.24) is 14.6 Å². The van der Waals surface area contributed by atoms with E-state index in [9.17, 15) is 19.5 Å². The van der Waals surface area contributed by atoms with E-state index in [1.165, 1.54) is 22.8 Å². The molecule has 204 valence electrons. The number of hydrogen-bond acceptors (Lipinski definition) is 5. The molecule has 3 N–H and O–H groups in total. The Bertz CT molecular complexity index is 1630. The molecule has 5 rings (SSSR count). The average Bonchev–Trinajstić information content (AvgIpc) is 3.49. The van der Waals surface area contributed by atoms with Crippen LogP contribution in [0.2, 0.25) is 0 Å². The second-order valence-corrected chi connectivity index (χ2v) is 10.6. The Balaban J connectivity index is 1.36. The number of carboxylic acids is 1. The molecule has 1 amide bonds. The highest BCUT2D eigenvalue weighted by molar-refractivity contribution is 6.10. The summed E-state index contributed by atoms with van der Waals surface area (Å²) in [6, 6.07) is 12.8. The van der Waals surface area contributed by atoms with Gasteiger partial charge in [-0.15, -0.1) is 0 Å². The number of esters is 1. The van der Waals surface area contributed by atoms with E-state index in [0.29, 0.717) is 28.6 Å². The molecule has 1 aliphatic rings. The third kappa shape index (κ3) is 5.06. The van der Waals surface area contributed by atoms with Crippen molar-refractivity contribution in [1.29, 1.82) is 0 Å². The van der Waals surface area contributed by atoms with Gasteiger partial charge in [-0.1, -0.05) is 32.9 Å². The lowest BCUT2D eigenvalue weighted by molar-refractivity contribution is -0.0249. The molecule has 10 nitrogen and oxygen atoms in total. The van der Waals surface area contributed by atoms with Gasteiger partial charge in [0.05, 0.1) is 17.7 Å². The van der Waals surface area contributed by atoms with Gasteiger partial charge in [-0.25, -0.2) is 19.4 Å². The van der Waals surface area contributed by atoms with E-state index < -0.39 is 17.8 Å². The first-order valence-electron chi connectivity index (χ1n) is 13.1. The molecule has 2 heterocycles. The van der Waals surface area contributed by atoms with Crippen molar-refractivity contribution in [2.45, 2.75) is 39.7 Å². The molecule has 0 saturated heterocycles. The number of aromatic amines is 1. The molecule has 2 unspecified atom stereocenters. The molecular formula is C30H29N5O5. The van der Waals surface area contributed by atoms with Crippen LogP contribution < -0.4 is 5.32 Å².